The van der Waals surface area contributed by atoms with Crippen molar-refractivity contribution in [2.75, 3.05) is 6.54 Å². The van der Waals surface area contributed by atoms with Crippen LogP contribution in [0.1, 0.15) is 40.5 Å². The summed E-state index contributed by atoms with van der Waals surface area (Å²) in [6, 6.07) is 1.16. The van der Waals surface area contributed by atoms with Gasteiger partial charge in [0, 0.05) is 18.6 Å². The standard InChI is InChI=1S/C11H22N2S/c1-8(2)7-13(10-5-6-10)11(14)12-9(3)4/h8-10H,5-7H2,1-4H3,(H,12,14). The Morgan fingerprint density at radius 1 is 1.36 bits per heavy atom. The Hall–Kier alpha value is -0.310. The summed E-state index contributed by atoms with van der Waals surface area (Å²) in [5.41, 5.74) is 0. The van der Waals surface area contributed by atoms with Gasteiger partial charge in [-0.25, -0.2) is 0 Å². The molecule has 1 aliphatic rings. The maximum Gasteiger partial charge on any atom is 0.169 e. The van der Waals surface area contributed by atoms with E-state index in [2.05, 4.69) is 37.9 Å². The molecule has 0 aromatic heterocycles. The lowest BCUT2D eigenvalue weighted by molar-refractivity contribution is 0.349. The Balaban J connectivity index is 2.44. The zero-order chi connectivity index (χ0) is 10.7. The predicted octanol–water partition coefficient (Wildman–Crippen LogP) is 2.39. The van der Waals surface area contributed by atoms with E-state index in [-0.39, 0.29) is 0 Å². The molecular formula is C11H22N2S. The van der Waals surface area contributed by atoms with Gasteiger partial charge in [0.15, 0.2) is 5.11 Å². The fourth-order valence-corrected chi connectivity index (χ4v) is 1.97. The van der Waals surface area contributed by atoms with Crippen LogP contribution in [0.15, 0.2) is 0 Å². The van der Waals surface area contributed by atoms with Gasteiger partial charge in [-0.2, -0.15) is 0 Å². The number of nitrogens with one attached hydrogen (secondary N) is 1. The molecule has 1 N–H and O–H groups in total. The van der Waals surface area contributed by atoms with Crippen molar-refractivity contribution in [3.8, 4) is 0 Å². The Morgan fingerprint density at radius 2 is 1.93 bits per heavy atom. The van der Waals surface area contributed by atoms with Gasteiger partial charge in [0.1, 0.15) is 0 Å². The Morgan fingerprint density at radius 3 is 2.29 bits per heavy atom. The summed E-state index contributed by atoms with van der Waals surface area (Å²) in [7, 11) is 0. The molecule has 82 valence electrons. The van der Waals surface area contributed by atoms with Crippen molar-refractivity contribution >= 4 is 17.3 Å². The number of thiocarbonyl (C=S) groups is 1. The topological polar surface area (TPSA) is 15.3 Å². The zero-order valence-electron chi connectivity index (χ0n) is 9.71. The van der Waals surface area contributed by atoms with Crippen molar-refractivity contribution in [1.82, 2.24) is 10.2 Å². The zero-order valence-corrected chi connectivity index (χ0v) is 10.5. The van der Waals surface area contributed by atoms with Crippen molar-refractivity contribution in [2.45, 2.75) is 52.6 Å². The molecule has 0 radical (unpaired) electrons. The smallest absolute Gasteiger partial charge is 0.169 e. The second-order valence-corrected chi connectivity index (χ2v) is 5.27. The number of rotatable bonds is 4. The van der Waals surface area contributed by atoms with Crippen LogP contribution >= 0.6 is 12.2 Å². The first-order chi connectivity index (χ1) is 6.50. The molecule has 1 fully saturated rings. The van der Waals surface area contributed by atoms with Crippen LogP contribution in [0.4, 0.5) is 0 Å². The third-order valence-electron chi connectivity index (χ3n) is 2.22. The van der Waals surface area contributed by atoms with Crippen LogP contribution in [-0.2, 0) is 0 Å². The van der Waals surface area contributed by atoms with Crippen molar-refractivity contribution in [1.29, 1.82) is 0 Å². The fourth-order valence-electron chi connectivity index (χ4n) is 1.51. The van der Waals surface area contributed by atoms with E-state index in [1.165, 1.54) is 12.8 Å². The van der Waals surface area contributed by atoms with Gasteiger partial charge in [0.2, 0.25) is 0 Å². The van der Waals surface area contributed by atoms with Crippen LogP contribution in [0, 0.1) is 5.92 Å². The van der Waals surface area contributed by atoms with E-state index in [0.717, 1.165) is 17.7 Å². The molecule has 1 aliphatic carbocycles. The highest BCUT2D eigenvalue weighted by atomic mass is 32.1. The molecule has 0 heterocycles. The third-order valence-corrected chi connectivity index (χ3v) is 2.57. The molecule has 0 amide bonds. The lowest BCUT2D eigenvalue weighted by Crippen LogP contribution is -2.45. The minimum atomic E-state index is 0.441. The normalized spacial score (nSPS) is 16.1. The van der Waals surface area contributed by atoms with Crippen molar-refractivity contribution < 1.29 is 0 Å². The van der Waals surface area contributed by atoms with E-state index in [4.69, 9.17) is 12.2 Å². The van der Waals surface area contributed by atoms with Crippen LogP contribution in [-0.4, -0.2) is 28.6 Å². The first-order valence-electron chi connectivity index (χ1n) is 5.57. The van der Waals surface area contributed by atoms with Gasteiger partial charge in [0.25, 0.3) is 0 Å². The maximum absolute atomic E-state index is 5.40. The van der Waals surface area contributed by atoms with Crippen molar-refractivity contribution in [2.24, 2.45) is 5.92 Å². The van der Waals surface area contributed by atoms with Crippen LogP contribution in [0.5, 0.6) is 0 Å². The van der Waals surface area contributed by atoms with Gasteiger partial charge in [-0.3, -0.25) is 0 Å². The summed E-state index contributed by atoms with van der Waals surface area (Å²) in [6.45, 7) is 9.84. The van der Waals surface area contributed by atoms with Gasteiger partial charge < -0.3 is 10.2 Å². The van der Waals surface area contributed by atoms with Crippen LogP contribution in [0.2, 0.25) is 0 Å². The third kappa shape index (κ3) is 3.82. The molecule has 14 heavy (non-hydrogen) atoms. The lowest BCUT2D eigenvalue weighted by Gasteiger charge is -2.28. The SMILES string of the molecule is CC(C)CN(C(=S)NC(C)C)C1CC1. The van der Waals surface area contributed by atoms with Crippen LogP contribution in [0.3, 0.4) is 0 Å². The molecule has 1 saturated carbocycles. The predicted molar refractivity (Wildman–Crippen MR) is 65.4 cm³/mol. The molecule has 0 bridgehead atoms. The molecule has 1 rings (SSSR count). The highest BCUT2D eigenvalue weighted by Gasteiger charge is 2.30. The second-order valence-electron chi connectivity index (χ2n) is 4.88. The van der Waals surface area contributed by atoms with E-state index in [9.17, 15) is 0 Å². The van der Waals surface area contributed by atoms with Gasteiger partial charge in [-0.05, 0) is 44.8 Å². The molecule has 0 unspecified atom stereocenters. The lowest BCUT2D eigenvalue weighted by atomic mass is 10.2. The first kappa shape index (κ1) is 11.8. The second kappa shape index (κ2) is 4.96. The maximum atomic E-state index is 5.40. The number of hydrogen-bond acceptors (Lipinski definition) is 1. The minimum absolute atomic E-state index is 0.441. The van der Waals surface area contributed by atoms with Gasteiger partial charge in [-0.1, -0.05) is 13.8 Å². The number of hydrogen-bond donors (Lipinski definition) is 1. The Bertz CT molecular complexity index is 197. The molecule has 2 nitrogen and oxygen atoms in total. The molecule has 0 aromatic rings. The number of nitrogens with zero attached hydrogens (tertiary/aromatic N) is 1. The summed E-state index contributed by atoms with van der Waals surface area (Å²) >= 11 is 5.40. The highest BCUT2D eigenvalue weighted by molar-refractivity contribution is 7.80. The Kier molecular flexibility index (Phi) is 4.17. The van der Waals surface area contributed by atoms with E-state index >= 15 is 0 Å². The molecular weight excluding hydrogens is 192 g/mol. The summed E-state index contributed by atoms with van der Waals surface area (Å²) < 4.78 is 0. The summed E-state index contributed by atoms with van der Waals surface area (Å²) in [5, 5.41) is 4.27. The summed E-state index contributed by atoms with van der Waals surface area (Å²) in [4.78, 5) is 2.36. The summed E-state index contributed by atoms with van der Waals surface area (Å²) in [6.07, 6.45) is 2.62. The van der Waals surface area contributed by atoms with Crippen LogP contribution < -0.4 is 5.32 Å². The molecule has 0 aromatic carbocycles. The largest absolute Gasteiger partial charge is 0.360 e. The van der Waals surface area contributed by atoms with Crippen molar-refractivity contribution in [3.63, 3.8) is 0 Å². The molecule has 0 spiro atoms. The Labute approximate surface area is 93.1 Å². The molecule has 0 aliphatic heterocycles. The van der Waals surface area contributed by atoms with E-state index in [1.54, 1.807) is 0 Å². The van der Waals surface area contributed by atoms with Crippen LogP contribution in [0.25, 0.3) is 0 Å². The van der Waals surface area contributed by atoms with E-state index < -0.39 is 0 Å². The van der Waals surface area contributed by atoms with Gasteiger partial charge in [0.05, 0.1) is 0 Å². The average molecular weight is 214 g/mol. The van der Waals surface area contributed by atoms with Gasteiger partial charge >= 0.3 is 0 Å². The molecule has 3 heteroatoms. The quantitative estimate of drug-likeness (QED) is 0.723. The molecule has 0 saturated heterocycles. The molecule has 0 atom stereocenters. The average Bonchev–Trinajstić information content (AvgIpc) is 2.80. The first-order valence-corrected chi connectivity index (χ1v) is 5.98. The van der Waals surface area contributed by atoms with Crippen molar-refractivity contribution in [3.05, 3.63) is 0 Å². The minimum Gasteiger partial charge on any atom is -0.360 e. The van der Waals surface area contributed by atoms with E-state index in [1.807, 2.05) is 0 Å². The van der Waals surface area contributed by atoms with E-state index in [0.29, 0.717) is 12.0 Å². The summed E-state index contributed by atoms with van der Waals surface area (Å²) in [5.74, 6) is 0.683. The fraction of sp³-hybridized carbons (Fsp3) is 0.909. The van der Waals surface area contributed by atoms with Gasteiger partial charge in [-0.15, -0.1) is 0 Å². The highest BCUT2D eigenvalue weighted by Crippen LogP contribution is 2.27. The monoisotopic (exact) mass is 214 g/mol.